The summed E-state index contributed by atoms with van der Waals surface area (Å²) >= 11 is 0. The number of carboxylic acids is 2. The van der Waals surface area contributed by atoms with Gasteiger partial charge in [-0.2, -0.15) is 0 Å². The zero-order chi connectivity index (χ0) is 16.1. The van der Waals surface area contributed by atoms with Crippen LogP contribution in [0.2, 0.25) is 0 Å². The first-order chi connectivity index (χ1) is 8.51. The fourth-order valence-corrected chi connectivity index (χ4v) is 0.691. The van der Waals surface area contributed by atoms with Gasteiger partial charge >= 0.3 is 71.1 Å². The molecule has 2 N–H and O–H groups in total. The summed E-state index contributed by atoms with van der Waals surface area (Å²) in [4.78, 5) is 28.0. The van der Waals surface area contributed by atoms with Crippen molar-refractivity contribution in [3.05, 3.63) is 24.8 Å². The molecule has 0 radical (unpaired) electrons. The van der Waals surface area contributed by atoms with Crippen molar-refractivity contribution in [2.75, 3.05) is 5.75 Å². The smallest absolute Gasteiger partial charge is 0.772 e. The molecule has 0 saturated heterocycles. The summed E-state index contributed by atoms with van der Waals surface area (Å²) in [5.74, 6) is -2.92. The number of carboxylic acid groups (broad SMARTS) is 2. The van der Waals surface area contributed by atoms with Crippen LogP contribution in [0.3, 0.4) is 0 Å². The number of carbonyl (C=O) groups is 2. The van der Waals surface area contributed by atoms with E-state index in [1.54, 1.807) is 0 Å². The van der Waals surface area contributed by atoms with E-state index in [0.717, 1.165) is 6.08 Å². The summed E-state index contributed by atoms with van der Waals surface area (Å²) in [7, 11) is -5.13. The van der Waals surface area contributed by atoms with Crippen molar-refractivity contribution < 1.29 is 101 Å². The Labute approximate surface area is 167 Å². The molecule has 0 aromatic heterocycles. The second-order valence-corrected chi connectivity index (χ2v) is 4.16. The van der Waals surface area contributed by atoms with Crippen molar-refractivity contribution in [2.24, 2.45) is 0 Å². The van der Waals surface area contributed by atoms with Gasteiger partial charge in [0.25, 0.3) is 0 Å². The first-order valence-electron chi connectivity index (χ1n) is 4.14. The van der Waals surface area contributed by atoms with Gasteiger partial charge in [-0.3, -0.25) is 9.36 Å². The molecule has 0 fully saturated rings. The predicted octanol–water partition coefficient (Wildman–Crippen LogP) is -6.62. The van der Waals surface area contributed by atoms with E-state index >= 15 is 0 Å². The first-order valence-corrected chi connectivity index (χ1v) is 6.44. The topological polar surface area (TPSA) is 172 Å². The van der Waals surface area contributed by atoms with Crippen molar-refractivity contribution in [1.29, 1.82) is 0 Å². The standard InChI is InChI=1S/C5H6O4.C3H6O3S.2Na.HO2P/c1-3(5(8)9)2-4(6)7;1-2-3-7(4,5)6;;;1-3-2/h1-2H2,(H,6,7)(H,8,9);2H,1,3H2,(H,4,5,6);;;(H,1,2)/q;;2*+1;/p-2. The summed E-state index contributed by atoms with van der Waals surface area (Å²) in [6, 6.07) is 0. The van der Waals surface area contributed by atoms with Gasteiger partial charge in [-0.15, -0.1) is 6.58 Å². The van der Waals surface area contributed by atoms with Crippen molar-refractivity contribution in [3.63, 3.8) is 0 Å². The summed E-state index contributed by atoms with van der Waals surface area (Å²) in [5.41, 5.74) is -0.303. The number of rotatable bonds is 5. The van der Waals surface area contributed by atoms with Crippen LogP contribution in [0.4, 0.5) is 0 Å². The van der Waals surface area contributed by atoms with Crippen LogP contribution in [0, 0.1) is 0 Å². The SMILES string of the molecule is C=C(CC(=O)O)C(=O)O.C=CCS(=O)(=O)[O-].O=P[O-].[Na+].[Na+]. The maximum Gasteiger partial charge on any atom is 1.00 e. The molecule has 0 bridgehead atoms. The average molecular weight is 360 g/mol. The summed E-state index contributed by atoms with van der Waals surface area (Å²) in [6.07, 6.45) is 0.553. The molecule has 0 aromatic rings. The van der Waals surface area contributed by atoms with Gasteiger partial charge in [-0.1, -0.05) is 12.7 Å². The average Bonchev–Trinajstić information content (AvgIpc) is 2.16. The van der Waals surface area contributed by atoms with Gasteiger partial charge in [-0.25, -0.2) is 13.2 Å². The number of aliphatic carboxylic acids is 2. The molecule has 0 unspecified atom stereocenters. The second-order valence-electron chi connectivity index (χ2n) is 2.57. The molecule has 0 spiro atoms. The Bertz CT molecular complexity index is 435. The third kappa shape index (κ3) is 44.9. The normalized spacial score (nSPS) is 8.29. The van der Waals surface area contributed by atoms with Crippen molar-refractivity contribution in [1.82, 2.24) is 0 Å². The molecule has 0 atom stereocenters. The zero-order valence-corrected chi connectivity index (χ0v) is 17.2. The fraction of sp³-hybridized carbons (Fsp3) is 0.250. The molecule has 0 aromatic carbocycles. The summed E-state index contributed by atoms with van der Waals surface area (Å²) in [6.45, 7) is 6.08. The van der Waals surface area contributed by atoms with Crippen molar-refractivity contribution in [2.45, 2.75) is 6.42 Å². The van der Waals surface area contributed by atoms with Crippen LogP contribution in [0.1, 0.15) is 6.42 Å². The Balaban J connectivity index is -0.0000000643. The Morgan fingerprint density at radius 1 is 1.24 bits per heavy atom. The van der Waals surface area contributed by atoms with Gasteiger partial charge in [0.2, 0.25) is 0 Å². The van der Waals surface area contributed by atoms with Crippen LogP contribution in [-0.4, -0.2) is 40.9 Å². The van der Waals surface area contributed by atoms with E-state index in [1.165, 1.54) is 0 Å². The molecule has 13 heteroatoms. The number of hydrogen-bond donors (Lipinski definition) is 2. The van der Waals surface area contributed by atoms with Crippen LogP contribution in [-0.2, 0) is 24.3 Å². The Morgan fingerprint density at radius 2 is 1.57 bits per heavy atom. The quantitative estimate of drug-likeness (QED) is 0.159. The Hall–Kier alpha value is 0.390. The molecule has 0 aliphatic carbocycles. The third-order valence-electron chi connectivity index (χ3n) is 0.989. The van der Waals surface area contributed by atoms with Crippen LogP contribution < -0.4 is 64.0 Å². The minimum atomic E-state index is -4.04. The van der Waals surface area contributed by atoms with Crippen LogP contribution in [0.15, 0.2) is 24.8 Å². The van der Waals surface area contributed by atoms with Crippen molar-refractivity contribution >= 4 is 30.7 Å². The largest absolute Gasteiger partial charge is 1.00 e. The van der Waals surface area contributed by atoms with Gasteiger partial charge in [-0.05, 0) is 0 Å². The molecule has 0 amide bonds. The van der Waals surface area contributed by atoms with E-state index in [2.05, 4.69) is 13.2 Å². The maximum atomic E-state index is 9.87. The molecule has 0 heterocycles. The van der Waals surface area contributed by atoms with E-state index < -0.39 is 42.9 Å². The van der Waals surface area contributed by atoms with E-state index in [0.29, 0.717) is 0 Å². The Morgan fingerprint density at radius 3 is 1.62 bits per heavy atom. The molecule has 110 valence electrons. The summed E-state index contributed by atoms with van der Waals surface area (Å²) < 4.78 is 37.2. The predicted molar refractivity (Wildman–Crippen MR) is 61.4 cm³/mol. The van der Waals surface area contributed by atoms with Gasteiger partial charge in [0.1, 0.15) is 0 Å². The zero-order valence-electron chi connectivity index (χ0n) is 11.5. The Kier molecular flexibility index (Phi) is 32.1. The van der Waals surface area contributed by atoms with Crippen LogP contribution >= 0.6 is 8.69 Å². The molecule has 0 aliphatic heterocycles. The second kappa shape index (κ2) is 20.4. The minimum absolute atomic E-state index is 0. The molecule has 9 nitrogen and oxygen atoms in total. The molecular formula is C8H11Na2O9PS. The number of hydrogen-bond acceptors (Lipinski definition) is 7. The van der Waals surface area contributed by atoms with Gasteiger partial charge in [0.05, 0.1) is 31.0 Å². The van der Waals surface area contributed by atoms with Crippen LogP contribution in [0.25, 0.3) is 0 Å². The monoisotopic (exact) mass is 360 g/mol. The van der Waals surface area contributed by atoms with E-state index in [9.17, 15) is 22.6 Å². The van der Waals surface area contributed by atoms with E-state index in [4.69, 9.17) is 19.7 Å². The van der Waals surface area contributed by atoms with Gasteiger partial charge < -0.3 is 19.7 Å². The third-order valence-corrected chi connectivity index (χ3v) is 1.63. The van der Waals surface area contributed by atoms with E-state index in [-0.39, 0.29) is 64.7 Å². The fourth-order valence-electron chi connectivity index (χ4n) is 0.402. The molecule has 0 saturated carbocycles. The van der Waals surface area contributed by atoms with Gasteiger partial charge in [0, 0.05) is 5.57 Å². The van der Waals surface area contributed by atoms with Crippen LogP contribution in [0.5, 0.6) is 0 Å². The first kappa shape index (κ1) is 33.1. The van der Waals surface area contributed by atoms with E-state index in [1.807, 2.05) is 0 Å². The minimum Gasteiger partial charge on any atom is -0.772 e. The van der Waals surface area contributed by atoms with Gasteiger partial charge in [0.15, 0.2) is 0 Å². The molecule has 0 aliphatic rings. The molecular weight excluding hydrogens is 349 g/mol. The maximum absolute atomic E-state index is 9.87. The molecule has 0 rings (SSSR count). The molecule has 21 heavy (non-hydrogen) atoms. The summed E-state index contributed by atoms with van der Waals surface area (Å²) in [5, 5.41) is 16.1. The van der Waals surface area contributed by atoms with Crippen molar-refractivity contribution in [3.8, 4) is 0 Å².